The molecular formula is C16H21ClN6O. The smallest absolute Gasteiger partial charge is 0.229 e. The molecule has 128 valence electrons. The number of tetrazole rings is 1. The van der Waals surface area contributed by atoms with Gasteiger partial charge in [-0.05, 0) is 66.6 Å². The molecule has 2 fully saturated rings. The quantitative estimate of drug-likeness (QED) is 0.879. The van der Waals surface area contributed by atoms with Crippen molar-refractivity contribution in [3.8, 4) is 5.69 Å². The lowest BCUT2D eigenvalue weighted by Gasteiger charge is -2.27. The Morgan fingerprint density at radius 1 is 1.33 bits per heavy atom. The fourth-order valence-corrected chi connectivity index (χ4v) is 4.14. The number of aromatic nitrogens is 4. The summed E-state index contributed by atoms with van der Waals surface area (Å²) in [6.45, 7) is 1.83. The molecule has 1 aromatic carbocycles. The summed E-state index contributed by atoms with van der Waals surface area (Å²) in [5.74, 6) is 1.64. The average molecular weight is 349 g/mol. The minimum atomic E-state index is -0.0628. The van der Waals surface area contributed by atoms with Crippen molar-refractivity contribution in [2.45, 2.75) is 32.2 Å². The molecule has 4 rings (SSSR count). The minimum absolute atomic E-state index is 0. The van der Waals surface area contributed by atoms with E-state index in [-0.39, 0.29) is 30.3 Å². The molecule has 24 heavy (non-hydrogen) atoms. The molecule has 0 spiro atoms. The molecule has 2 aromatic rings. The summed E-state index contributed by atoms with van der Waals surface area (Å²) in [5.41, 5.74) is 7.82. The number of nitrogens with zero attached hydrogens (tertiary/aromatic N) is 4. The molecule has 2 aliphatic rings. The fraction of sp³-hybridized carbons (Fsp3) is 0.500. The highest BCUT2D eigenvalue weighted by Gasteiger charge is 2.49. The molecule has 2 saturated carbocycles. The summed E-state index contributed by atoms with van der Waals surface area (Å²) in [5, 5.41) is 14.5. The number of nitrogens with one attached hydrogen (secondary N) is 1. The molecule has 7 nitrogen and oxygen atoms in total. The maximum Gasteiger partial charge on any atom is 0.229 e. The van der Waals surface area contributed by atoms with Gasteiger partial charge in [-0.2, -0.15) is 4.68 Å². The summed E-state index contributed by atoms with van der Waals surface area (Å²) >= 11 is 0. The highest BCUT2D eigenvalue weighted by molar-refractivity contribution is 5.93. The Morgan fingerprint density at radius 3 is 2.79 bits per heavy atom. The lowest BCUT2D eigenvalue weighted by atomic mass is 9.84. The van der Waals surface area contributed by atoms with Crippen molar-refractivity contribution in [1.29, 1.82) is 0 Å². The van der Waals surface area contributed by atoms with Gasteiger partial charge >= 0.3 is 0 Å². The number of hydrogen-bond donors (Lipinski definition) is 2. The predicted octanol–water partition coefficient (Wildman–Crippen LogP) is 1.70. The van der Waals surface area contributed by atoms with E-state index in [0.717, 1.165) is 24.2 Å². The van der Waals surface area contributed by atoms with Crippen LogP contribution in [0.1, 0.15) is 25.1 Å². The van der Waals surface area contributed by atoms with Crippen LogP contribution in [0.5, 0.6) is 0 Å². The number of nitrogens with two attached hydrogens (primary N) is 1. The van der Waals surface area contributed by atoms with Crippen molar-refractivity contribution < 1.29 is 4.79 Å². The number of carbonyl (C=O) groups is 1. The first kappa shape index (κ1) is 16.9. The van der Waals surface area contributed by atoms with Gasteiger partial charge in [-0.3, -0.25) is 4.79 Å². The molecule has 0 saturated heterocycles. The Kier molecular flexibility index (Phi) is 4.56. The van der Waals surface area contributed by atoms with Gasteiger partial charge in [0.2, 0.25) is 5.91 Å². The number of fused-ring (bicyclic) bond motifs is 2. The van der Waals surface area contributed by atoms with Crippen molar-refractivity contribution >= 4 is 24.0 Å². The van der Waals surface area contributed by atoms with Crippen LogP contribution in [0.3, 0.4) is 0 Å². The largest absolute Gasteiger partial charge is 0.327 e. The van der Waals surface area contributed by atoms with E-state index in [2.05, 4.69) is 20.8 Å². The highest BCUT2D eigenvalue weighted by atomic mass is 35.5. The van der Waals surface area contributed by atoms with Crippen LogP contribution in [-0.4, -0.2) is 32.2 Å². The summed E-state index contributed by atoms with van der Waals surface area (Å²) in [6, 6.07) is 7.54. The first-order chi connectivity index (χ1) is 11.1. The molecular weight excluding hydrogens is 328 g/mol. The van der Waals surface area contributed by atoms with Gasteiger partial charge in [-0.1, -0.05) is 6.07 Å². The number of halogens is 1. The van der Waals surface area contributed by atoms with Crippen molar-refractivity contribution in [2.24, 2.45) is 23.5 Å². The van der Waals surface area contributed by atoms with Gasteiger partial charge < -0.3 is 11.1 Å². The molecule has 4 atom stereocenters. The minimum Gasteiger partial charge on any atom is -0.327 e. The van der Waals surface area contributed by atoms with Gasteiger partial charge in [0.1, 0.15) is 0 Å². The van der Waals surface area contributed by atoms with E-state index in [1.54, 1.807) is 4.68 Å². The number of carbonyl (C=O) groups excluding carboxylic acids is 1. The van der Waals surface area contributed by atoms with Crippen molar-refractivity contribution in [3.05, 3.63) is 30.1 Å². The lowest BCUT2D eigenvalue weighted by molar-refractivity contribution is -0.121. The van der Waals surface area contributed by atoms with E-state index >= 15 is 0 Å². The number of benzene rings is 1. The average Bonchev–Trinajstić information content (AvgIpc) is 3.23. The molecule has 2 aliphatic carbocycles. The van der Waals surface area contributed by atoms with Gasteiger partial charge in [0.05, 0.1) is 11.6 Å². The summed E-state index contributed by atoms with van der Waals surface area (Å²) in [4.78, 5) is 12.6. The van der Waals surface area contributed by atoms with Crippen LogP contribution >= 0.6 is 12.4 Å². The Balaban J connectivity index is 0.00000169. The fourth-order valence-electron chi connectivity index (χ4n) is 4.14. The first-order valence-electron chi connectivity index (χ1n) is 8.05. The molecule has 4 unspecified atom stereocenters. The van der Waals surface area contributed by atoms with Gasteiger partial charge in [0.15, 0.2) is 5.82 Å². The number of amides is 1. The van der Waals surface area contributed by atoms with E-state index in [1.807, 2.05) is 31.2 Å². The van der Waals surface area contributed by atoms with Crippen LogP contribution in [0.25, 0.3) is 5.69 Å². The number of rotatable bonds is 3. The second-order valence-corrected chi connectivity index (χ2v) is 6.61. The van der Waals surface area contributed by atoms with Crippen LogP contribution < -0.4 is 11.1 Å². The Hall–Kier alpha value is -1.99. The van der Waals surface area contributed by atoms with Gasteiger partial charge in [0, 0.05) is 11.7 Å². The lowest BCUT2D eigenvalue weighted by Crippen LogP contribution is -2.42. The molecule has 1 amide bonds. The van der Waals surface area contributed by atoms with Crippen LogP contribution in [0.4, 0.5) is 5.69 Å². The van der Waals surface area contributed by atoms with Gasteiger partial charge in [-0.25, -0.2) is 0 Å². The van der Waals surface area contributed by atoms with Crippen LogP contribution in [0, 0.1) is 24.7 Å². The second-order valence-electron chi connectivity index (χ2n) is 6.61. The summed E-state index contributed by atoms with van der Waals surface area (Å²) < 4.78 is 1.64. The number of aryl methyl sites for hydroxylation is 1. The topological polar surface area (TPSA) is 98.7 Å². The highest BCUT2D eigenvalue weighted by Crippen LogP contribution is 2.47. The normalized spacial score (nSPS) is 27.8. The van der Waals surface area contributed by atoms with Crippen LogP contribution in [0.15, 0.2) is 24.3 Å². The van der Waals surface area contributed by atoms with Gasteiger partial charge in [-0.15, -0.1) is 17.5 Å². The predicted molar refractivity (Wildman–Crippen MR) is 92.1 cm³/mol. The molecule has 3 N–H and O–H groups in total. The number of anilines is 1. The zero-order chi connectivity index (χ0) is 16.0. The maximum absolute atomic E-state index is 12.6. The zero-order valence-corrected chi connectivity index (χ0v) is 14.2. The third kappa shape index (κ3) is 2.78. The van der Waals surface area contributed by atoms with E-state index in [0.29, 0.717) is 17.7 Å². The molecule has 0 radical (unpaired) electrons. The monoisotopic (exact) mass is 348 g/mol. The molecule has 2 bridgehead atoms. The third-order valence-electron chi connectivity index (χ3n) is 5.27. The van der Waals surface area contributed by atoms with Crippen LogP contribution in [-0.2, 0) is 4.79 Å². The standard InChI is InChI=1S/C16H20N6O.ClH/c1-9-19-20-21-22(9)13-4-2-3-12(8-13)18-16(23)14-10-5-6-11(7-10)15(14)17;/h2-4,8,10-11,14-15H,5-7,17H2,1H3,(H,18,23);1H. The molecule has 1 heterocycles. The van der Waals surface area contributed by atoms with Crippen molar-refractivity contribution in [2.75, 3.05) is 5.32 Å². The Labute approximate surface area is 146 Å². The zero-order valence-electron chi connectivity index (χ0n) is 13.4. The van der Waals surface area contributed by atoms with E-state index in [4.69, 9.17) is 5.73 Å². The first-order valence-corrected chi connectivity index (χ1v) is 8.05. The SMILES string of the molecule is Cc1nnnn1-c1cccc(NC(=O)C2C3CCC(C3)C2N)c1.Cl. The number of hydrogen-bond acceptors (Lipinski definition) is 5. The van der Waals surface area contributed by atoms with Crippen molar-refractivity contribution in [3.63, 3.8) is 0 Å². The van der Waals surface area contributed by atoms with Crippen LogP contribution in [0.2, 0.25) is 0 Å². The summed E-state index contributed by atoms with van der Waals surface area (Å²) in [6.07, 6.45) is 3.40. The second kappa shape index (κ2) is 6.49. The summed E-state index contributed by atoms with van der Waals surface area (Å²) in [7, 11) is 0. The Bertz CT molecular complexity index is 746. The van der Waals surface area contributed by atoms with Gasteiger partial charge in [0.25, 0.3) is 0 Å². The molecule has 0 aliphatic heterocycles. The Morgan fingerprint density at radius 2 is 2.12 bits per heavy atom. The molecule has 1 aromatic heterocycles. The van der Waals surface area contributed by atoms with E-state index in [9.17, 15) is 4.79 Å². The molecule has 8 heteroatoms. The maximum atomic E-state index is 12.6. The van der Waals surface area contributed by atoms with E-state index in [1.165, 1.54) is 6.42 Å². The van der Waals surface area contributed by atoms with Crippen molar-refractivity contribution in [1.82, 2.24) is 20.2 Å². The van der Waals surface area contributed by atoms with E-state index < -0.39 is 0 Å². The third-order valence-corrected chi connectivity index (χ3v) is 5.27.